The Labute approximate surface area is 106 Å². The second-order valence-electron chi connectivity index (χ2n) is 3.65. The van der Waals surface area contributed by atoms with Crippen LogP contribution in [0.4, 0.5) is 4.39 Å². The van der Waals surface area contributed by atoms with Crippen LogP contribution in [0, 0.1) is 5.82 Å². The van der Waals surface area contributed by atoms with Gasteiger partial charge in [0.1, 0.15) is 5.82 Å². The summed E-state index contributed by atoms with van der Waals surface area (Å²) in [4.78, 5) is 0. The molecule has 0 aromatic heterocycles. The highest BCUT2D eigenvalue weighted by atomic mass is 79.9. The summed E-state index contributed by atoms with van der Waals surface area (Å²) in [5.74, 6) is 0.325. The standard InChI is InChI=1S/C11H15BrFNOS/c1-2-10(14)7-16(15)6-8-3-4-9(12)5-11(8)13/h3-5,10H,2,6-7,14H2,1H3. The monoisotopic (exact) mass is 307 g/mol. The fourth-order valence-electron chi connectivity index (χ4n) is 1.23. The maximum absolute atomic E-state index is 13.4. The summed E-state index contributed by atoms with van der Waals surface area (Å²) in [6.07, 6.45) is 0.786. The Morgan fingerprint density at radius 1 is 1.56 bits per heavy atom. The Hall–Kier alpha value is -0.260. The molecular formula is C11H15BrFNOS. The minimum atomic E-state index is -1.10. The van der Waals surface area contributed by atoms with Gasteiger partial charge in [0.05, 0.1) is 5.75 Å². The summed E-state index contributed by atoms with van der Waals surface area (Å²) >= 11 is 3.18. The summed E-state index contributed by atoms with van der Waals surface area (Å²) in [5.41, 5.74) is 6.17. The van der Waals surface area contributed by atoms with Gasteiger partial charge in [-0.25, -0.2) is 4.39 Å². The topological polar surface area (TPSA) is 43.1 Å². The summed E-state index contributed by atoms with van der Waals surface area (Å²) in [7, 11) is -1.10. The third kappa shape index (κ3) is 4.31. The maximum Gasteiger partial charge on any atom is 0.128 e. The van der Waals surface area contributed by atoms with Crippen LogP contribution in [0.1, 0.15) is 18.9 Å². The normalized spacial score (nSPS) is 14.8. The molecule has 0 radical (unpaired) electrons. The van der Waals surface area contributed by atoms with E-state index in [9.17, 15) is 8.60 Å². The molecular weight excluding hydrogens is 293 g/mol. The van der Waals surface area contributed by atoms with Crippen LogP contribution >= 0.6 is 15.9 Å². The van der Waals surface area contributed by atoms with Crippen LogP contribution in [0.25, 0.3) is 0 Å². The van der Waals surface area contributed by atoms with Crippen LogP contribution in [0.2, 0.25) is 0 Å². The van der Waals surface area contributed by atoms with E-state index in [0.717, 1.165) is 6.42 Å². The Bertz CT molecular complexity index is 386. The lowest BCUT2D eigenvalue weighted by Crippen LogP contribution is -2.26. The highest BCUT2D eigenvalue weighted by Gasteiger charge is 2.10. The average Bonchev–Trinajstić information content (AvgIpc) is 2.22. The summed E-state index contributed by atoms with van der Waals surface area (Å²) in [6.45, 7) is 1.95. The van der Waals surface area contributed by atoms with Crippen LogP contribution in [-0.4, -0.2) is 16.0 Å². The van der Waals surface area contributed by atoms with Gasteiger partial charge in [0.2, 0.25) is 0 Å². The van der Waals surface area contributed by atoms with Gasteiger partial charge >= 0.3 is 0 Å². The third-order valence-electron chi connectivity index (χ3n) is 2.26. The van der Waals surface area contributed by atoms with Gasteiger partial charge in [-0.05, 0) is 18.6 Å². The zero-order valence-corrected chi connectivity index (χ0v) is 11.5. The lowest BCUT2D eigenvalue weighted by Gasteiger charge is -2.08. The second-order valence-corrected chi connectivity index (χ2v) is 6.07. The van der Waals surface area contributed by atoms with Gasteiger partial charge in [-0.15, -0.1) is 0 Å². The largest absolute Gasteiger partial charge is 0.327 e. The van der Waals surface area contributed by atoms with Gasteiger partial charge in [0.15, 0.2) is 0 Å². The molecule has 0 spiro atoms. The quantitative estimate of drug-likeness (QED) is 0.908. The van der Waals surface area contributed by atoms with Gasteiger partial charge in [-0.1, -0.05) is 28.9 Å². The molecule has 0 aliphatic heterocycles. The van der Waals surface area contributed by atoms with E-state index in [-0.39, 0.29) is 17.6 Å². The van der Waals surface area contributed by atoms with Crippen LogP contribution in [0.3, 0.4) is 0 Å². The molecule has 5 heteroatoms. The van der Waals surface area contributed by atoms with Crippen molar-refractivity contribution in [2.24, 2.45) is 5.73 Å². The molecule has 1 aromatic rings. The Kier molecular flexibility index (Phi) is 5.58. The molecule has 0 aliphatic carbocycles. The Morgan fingerprint density at radius 2 is 2.25 bits per heavy atom. The van der Waals surface area contributed by atoms with Crippen LogP contribution in [-0.2, 0) is 16.6 Å². The average molecular weight is 308 g/mol. The molecule has 2 N–H and O–H groups in total. The van der Waals surface area contributed by atoms with Crippen LogP contribution < -0.4 is 5.73 Å². The molecule has 0 saturated heterocycles. The molecule has 1 rings (SSSR count). The van der Waals surface area contributed by atoms with E-state index < -0.39 is 10.8 Å². The van der Waals surface area contributed by atoms with Gasteiger partial charge in [0.25, 0.3) is 0 Å². The highest BCUT2D eigenvalue weighted by Crippen LogP contribution is 2.16. The predicted octanol–water partition coefficient (Wildman–Crippen LogP) is 2.57. The van der Waals surface area contributed by atoms with E-state index in [2.05, 4.69) is 15.9 Å². The Morgan fingerprint density at radius 3 is 2.81 bits per heavy atom. The molecule has 90 valence electrons. The van der Waals surface area contributed by atoms with Crippen molar-refractivity contribution in [1.82, 2.24) is 0 Å². The zero-order chi connectivity index (χ0) is 12.1. The van der Waals surface area contributed by atoms with Crippen molar-refractivity contribution in [3.8, 4) is 0 Å². The number of hydrogen-bond donors (Lipinski definition) is 1. The number of halogens is 2. The minimum Gasteiger partial charge on any atom is -0.327 e. The molecule has 2 atom stereocenters. The molecule has 2 nitrogen and oxygen atoms in total. The van der Waals surface area contributed by atoms with Gasteiger partial charge in [-0.3, -0.25) is 4.21 Å². The van der Waals surface area contributed by atoms with E-state index in [1.165, 1.54) is 6.07 Å². The smallest absolute Gasteiger partial charge is 0.128 e. The first-order valence-electron chi connectivity index (χ1n) is 5.07. The molecule has 0 fully saturated rings. The lowest BCUT2D eigenvalue weighted by molar-refractivity contribution is 0.613. The van der Waals surface area contributed by atoms with E-state index in [1.807, 2.05) is 6.92 Å². The third-order valence-corrected chi connectivity index (χ3v) is 4.18. The second kappa shape index (κ2) is 6.47. The van der Waals surface area contributed by atoms with Crippen molar-refractivity contribution in [2.45, 2.75) is 25.1 Å². The first kappa shape index (κ1) is 13.8. The highest BCUT2D eigenvalue weighted by molar-refractivity contribution is 9.10. The van der Waals surface area contributed by atoms with E-state index >= 15 is 0 Å². The fraction of sp³-hybridized carbons (Fsp3) is 0.455. The molecule has 0 heterocycles. The molecule has 0 aliphatic rings. The number of rotatable bonds is 5. The minimum absolute atomic E-state index is 0.0701. The predicted molar refractivity (Wildman–Crippen MR) is 69.1 cm³/mol. The van der Waals surface area contributed by atoms with Gasteiger partial charge in [0, 0.05) is 32.6 Å². The molecule has 0 saturated carbocycles. The SMILES string of the molecule is CCC(N)CS(=O)Cc1ccc(Br)cc1F. The molecule has 2 unspecified atom stereocenters. The first-order valence-corrected chi connectivity index (χ1v) is 7.35. The summed E-state index contributed by atoms with van der Waals surface area (Å²) < 4.78 is 25.8. The number of benzene rings is 1. The van der Waals surface area contributed by atoms with Gasteiger partial charge < -0.3 is 5.73 Å². The van der Waals surface area contributed by atoms with E-state index in [1.54, 1.807) is 12.1 Å². The lowest BCUT2D eigenvalue weighted by atomic mass is 10.2. The van der Waals surface area contributed by atoms with E-state index in [0.29, 0.717) is 15.8 Å². The van der Waals surface area contributed by atoms with Crippen molar-refractivity contribution in [3.05, 3.63) is 34.1 Å². The number of hydrogen-bond acceptors (Lipinski definition) is 2. The van der Waals surface area contributed by atoms with Crippen molar-refractivity contribution < 1.29 is 8.60 Å². The first-order chi connectivity index (χ1) is 7.52. The van der Waals surface area contributed by atoms with Crippen molar-refractivity contribution in [3.63, 3.8) is 0 Å². The maximum atomic E-state index is 13.4. The summed E-state index contributed by atoms with van der Waals surface area (Å²) in [6, 6.07) is 4.70. The van der Waals surface area contributed by atoms with Gasteiger partial charge in [-0.2, -0.15) is 0 Å². The van der Waals surface area contributed by atoms with Crippen molar-refractivity contribution in [1.29, 1.82) is 0 Å². The fourth-order valence-corrected chi connectivity index (χ4v) is 2.97. The molecule has 1 aromatic carbocycles. The van der Waals surface area contributed by atoms with Crippen molar-refractivity contribution in [2.75, 3.05) is 5.75 Å². The molecule has 0 amide bonds. The van der Waals surface area contributed by atoms with Crippen molar-refractivity contribution >= 4 is 26.7 Å². The van der Waals surface area contributed by atoms with Crippen LogP contribution in [0.5, 0.6) is 0 Å². The summed E-state index contributed by atoms with van der Waals surface area (Å²) in [5, 5.41) is 0. The number of nitrogens with two attached hydrogens (primary N) is 1. The van der Waals surface area contributed by atoms with Crippen LogP contribution in [0.15, 0.2) is 22.7 Å². The zero-order valence-electron chi connectivity index (χ0n) is 9.08. The Balaban J connectivity index is 2.63. The molecule has 0 bridgehead atoms. The molecule has 16 heavy (non-hydrogen) atoms. The van der Waals surface area contributed by atoms with E-state index in [4.69, 9.17) is 5.73 Å².